The first-order chi connectivity index (χ1) is 15.2. The van der Waals surface area contributed by atoms with Gasteiger partial charge in [0, 0.05) is 50.1 Å². The Morgan fingerprint density at radius 3 is 2.50 bits per heavy atom. The Bertz CT molecular complexity index is 1280. The molecule has 0 spiro atoms. The van der Waals surface area contributed by atoms with Crippen LogP contribution in [0.4, 0.5) is 9.18 Å². The van der Waals surface area contributed by atoms with Gasteiger partial charge >= 0.3 is 6.09 Å². The van der Waals surface area contributed by atoms with Crippen LogP contribution in [0.25, 0.3) is 26.4 Å². The van der Waals surface area contributed by atoms with Crippen LogP contribution >= 0.6 is 11.3 Å². The monoisotopic (exact) mass is 456 g/mol. The number of amides is 1. The highest BCUT2D eigenvalue weighted by atomic mass is 32.1. The van der Waals surface area contributed by atoms with E-state index in [9.17, 15) is 9.18 Å². The summed E-state index contributed by atoms with van der Waals surface area (Å²) >= 11 is 1.45. The molecule has 0 N–H and O–H groups in total. The maximum atomic E-state index is 14.7. The second-order valence-corrected chi connectivity index (χ2v) is 10.2. The van der Waals surface area contributed by atoms with Crippen LogP contribution in [0, 0.1) is 5.82 Å². The van der Waals surface area contributed by atoms with Gasteiger partial charge in [0.25, 0.3) is 0 Å². The lowest BCUT2D eigenvalue weighted by Crippen LogP contribution is -2.41. The number of hydrogen-bond donors (Lipinski definition) is 0. The van der Waals surface area contributed by atoms with Crippen molar-refractivity contribution in [3.63, 3.8) is 0 Å². The lowest BCUT2D eigenvalue weighted by molar-refractivity contribution is 0.0204. The van der Waals surface area contributed by atoms with Crippen molar-refractivity contribution in [3.8, 4) is 10.4 Å². The molecule has 3 aromatic heterocycles. The molecule has 8 nitrogen and oxygen atoms in total. The molecule has 4 heterocycles. The molecular formula is C22H25FN6O2S. The smallest absolute Gasteiger partial charge is 0.410 e. The molecule has 10 heteroatoms. The number of hydrogen-bond acceptors (Lipinski definition) is 6. The van der Waals surface area contributed by atoms with Crippen molar-refractivity contribution < 1.29 is 13.9 Å². The fraction of sp³-hybridized carbons (Fsp3) is 0.455. The van der Waals surface area contributed by atoms with Gasteiger partial charge in [0.1, 0.15) is 22.5 Å². The number of thiazole rings is 1. The van der Waals surface area contributed by atoms with Gasteiger partial charge < -0.3 is 9.64 Å². The highest BCUT2D eigenvalue weighted by molar-refractivity contribution is 7.20. The van der Waals surface area contributed by atoms with Crippen molar-refractivity contribution >= 4 is 33.4 Å². The number of carbonyl (C=O) groups excluding carboxylic acids is 1. The number of aromatic nitrogens is 5. The van der Waals surface area contributed by atoms with E-state index in [0.717, 1.165) is 28.4 Å². The summed E-state index contributed by atoms with van der Waals surface area (Å²) in [5.41, 5.74) is 2.22. The van der Waals surface area contributed by atoms with Crippen LogP contribution in [0.5, 0.6) is 0 Å². The standard InChI is InChI=1S/C22H25FN6O2S/c1-22(2,3)31-21(30)28-7-5-13(6-8-28)18-11-29-12-19(32-20(29)24-18)14-9-16-17(10-15(14)23)26-27(4)25-16/h9-13H,5-8H2,1-4H3. The van der Waals surface area contributed by atoms with Crippen LogP contribution in [0.3, 0.4) is 0 Å². The number of aryl methyl sites for hydroxylation is 1. The molecule has 168 valence electrons. The molecule has 1 aromatic carbocycles. The summed E-state index contributed by atoms with van der Waals surface area (Å²) in [7, 11) is 1.72. The molecule has 1 aliphatic rings. The Balaban J connectivity index is 1.32. The summed E-state index contributed by atoms with van der Waals surface area (Å²) in [5.74, 6) is -0.0332. The predicted octanol–water partition coefficient (Wildman–Crippen LogP) is 4.60. The van der Waals surface area contributed by atoms with Crippen LogP contribution in [0.2, 0.25) is 0 Å². The Labute approximate surface area is 188 Å². The van der Waals surface area contributed by atoms with Gasteiger partial charge in [-0.3, -0.25) is 4.40 Å². The van der Waals surface area contributed by atoms with Gasteiger partial charge in [-0.15, -0.1) is 0 Å². The Morgan fingerprint density at radius 1 is 1.16 bits per heavy atom. The van der Waals surface area contributed by atoms with E-state index in [0.29, 0.717) is 29.7 Å². The fourth-order valence-electron chi connectivity index (χ4n) is 4.05. The normalized spacial score (nSPS) is 15.7. The first kappa shape index (κ1) is 20.9. The molecule has 0 saturated carbocycles. The molecule has 0 atom stereocenters. The largest absolute Gasteiger partial charge is 0.444 e. The molecule has 0 radical (unpaired) electrons. The summed E-state index contributed by atoms with van der Waals surface area (Å²) in [6.45, 7) is 6.93. The van der Waals surface area contributed by atoms with Crippen LogP contribution in [0.1, 0.15) is 45.2 Å². The van der Waals surface area contributed by atoms with E-state index in [-0.39, 0.29) is 17.8 Å². The maximum Gasteiger partial charge on any atom is 0.410 e. The summed E-state index contributed by atoms with van der Waals surface area (Å²) in [6.07, 6.45) is 5.35. The molecule has 0 unspecified atom stereocenters. The molecule has 0 bridgehead atoms. The summed E-state index contributed by atoms with van der Waals surface area (Å²) in [6, 6.07) is 3.15. The third kappa shape index (κ3) is 3.94. The van der Waals surface area contributed by atoms with Crippen molar-refractivity contribution in [2.75, 3.05) is 13.1 Å². The number of piperidine rings is 1. The van der Waals surface area contributed by atoms with E-state index in [1.165, 1.54) is 22.2 Å². The minimum absolute atomic E-state index is 0.256. The number of nitrogens with zero attached hydrogens (tertiary/aromatic N) is 6. The number of benzene rings is 1. The van der Waals surface area contributed by atoms with E-state index in [1.54, 1.807) is 18.0 Å². The molecule has 4 aromatic rings. The van der Waals surface area contributed by atoms with Crippen molar-refractivity contribution in [2.45, 2.75) is 45.1 Å². The fourth-order valence-corrected chi connectivity index (χ4v) is 5.05. The molecule has 1 fully saturated rings. The van der Waals surface area contributed by atoms with Crippen molar-refractivity contribution in [1.29, 1.82) is 0 Å². The van der Waals surface area contributed by atoms with Crippen LogP contribution in [-0.4, -0.2) is 54.1 Å². The minimum Gasteiger partial charge on any atom is -0.444 e. The average Bonchev–Trinajstić information content (AvgIpc) is 3.38. The lowest BCUT2D eigenvalue weighted by Gasteiger charge is -2.32. The first-order valence-corrected chi connectivity index (χ1v) is 11.5. The molecule has 32 heavy (non-hydrogen) atoms. The lowest BCUT2D eigenvalue weighted by atomic mass is 9.94. The summed E-state index contributed by atoms with van der Waals surface area (Å²) in [4.78, 5) is 21.9. The van der Waals surface area contributed by atoms with Crippen LogP contribution in [-0.2, 0) is 11.8 Å². The van der Waals surface area contributed by atoms with Gasteiger partial charge in [0.15, 0.2) is 4.96 Å². The number of rotatable bonds is 2. The zero-order chi connectivity index (χ0) is 22.6. The first-order valence-electron chi connectivity index (χ1n) is 10.6. The highest BCUT2D eigenvalue weighted by Gasteiger charge is 2.28. The van der Waals surface area contributed by atoms with Gasteiger partial charge in [-0.2, -0.15) is 15.0 Å². The molecular weight excluding hydrogens is 431 g/mol. The molecule has 1 saturated heterocycles. The zero-order valence-corrected chi connectivity index (χ0v) is 19.3. The molecule has 0 aliphatic carbocycles. The number of ether oxygens (including phenoxy) is 1. The van der Waals surface area contributed by atoms with E-state index in [1.807, 2.05) is 37.6 Å². The van der Waals surface area contributed by atoms with E-state index >= 15 is 0 Å². The van der Waals surface area contributed by atoms with E-state index < -0.39 is 5.60 Å². The topological polar surface area (TPSA) is 77.5 Å². The molecule has 1 amide bonds. The SMILES string of the molecule is Cn1nc2cc(F)c(-c3cn4cc(C5CCN(C(=O)OC(C)(C)C)CC5)nc4s3)cc2n1. The Morgan fingerprint density at radius 2 is 1.84 bits per heavy atom. The van der Waals surface area contributed by atoms with Gasteiger partial charge in [0.2, 0.25) is 0 Å². The van der Waals surface area contributed by atoms with Gasteiger partial charge in [-0.25, -0.2) is 14.2 Å². The average molecular weight is 457 g/mol. The van der Waals surface area contributed by atoms with Gasteiger partial charge in [-0.1, -0.05) is 11.3 Å². The minimum atomic E-state index is -0.489. The quantitative estimate of drug-likeness (QED) is 0.441. The van der Waals surface area contributed by atoms with Crippen LogP contribution < -0.4 is 0 Å². The predicted molar refractivity (Wildman–Crippen MR) is 120 cm³/mol. The Kier molecular flexibility index (Phi) is 4.92. The van der Waals surface area contributed by atoms with Crippen molar-refractivity contribution in [3.05, 3.63) is 36.0 Å². The van der Waals surface area contributed by atoms with Gasteiger partial charge in [0.05, 0.1) is 10.6 Å². The highest BCUT2D eigenvalue weighted by Crippen LogP contribution is 2.35. The Hall–Kier alpha value is -3.01. The molecule has 1 aliphatic heterocycles. The third-order valence-corrected chi connectivity index (χ3v) is 6.60. The van der Waals surface area contributed by atoms with Crippen molar-refractivity contribution in [1.82, 2.24) is 29.3 Å². The summed E-state index contributed by atoms with van der Waals surface area (Å²) < 4.78 is 22.1. The summed E-state index contributed by atoms with van der Waals surface area (Å²) in [5, 5.41) is 8.44. The van der Waals surface area contributed by atoms with E-state index in [2.05, 4.69) is 10.2 Å². The number of likely N-dealkylation sites (tertiary alicyclic amines) is 1. The van der Waals surface area contributed by atoms with Crippen molar-refractivity contribution in [2.24, 2.45) is 7.05 Å². The third-order valence-electron chi connectivity index (χ3n) is 5.57. The molecule has 5 rings (SSSR count). The van der Waals surface area contributed by atoms with Crippen LogP contribution in [0.15, 0.2) is 24.5 Å². The van der Waals surface area contributed by atoms with Gasteiger partial charge in [-0.05, 0) is 39.7 Å². The zero-order valence-electron chi connectivity index (χ0n) is 18.5. The number of imidazole rings is 1. The second-order valence-electron chi connectivity index (χ2n) is 9.20. The maximum absolute atomic E-state index is 14.7. The van der Waals surface area contributed by atoms with E-state index in [4.69, 9.17) is 9.72 Å². The number of halogens is 1. The number of carbonyl (C=O) groups is 1. The number of fused-ring (bicyclic) bond motifs is 2. The second kappa shape index (κ2) is 7.54.